The number of rotatable bonds is 5. The highest BCUT2D eigenvalue weighted by molar-refractivity contribution is 6.42. The minimum absolute atomic E-state index is 0.478. The summed E-state index contributed by atoms with van der Waals surface area (Å²) < 4.78 is 5.85. The average molecular weight is 309 g/mol. The van der Waals surface area contributed by atoms with Gasteiger partial charge >= 0.3 is 0 Å². The SMILES string of the molecule is Clc1ccc(Oc2cnccc2CNC2CC2)cc1Cl. The summed E-state index contributed by atoms with van der Waals surface area (Å²) in [5, 5.41) is 4.46. The van der Waals surface area contributed by atoms with Crippen LogP contribution in [0.15, 0.2) is 36.7 Å². The highest BCUT2D eigenvalue weighted by Gasteiger charge is 2.20. The van der Waals surface area contributed by atoms with Crippen LogP contribution in [-0.2, 0) is 6.54 Å². The van der Waals surface area contributed by atoms with Crippen LogP contribution in [-0.4, -0.2) is 11.0 Å². The van der Waals surface area contributed by atoms with E-state index < -0.39 is 0 Å². The molecule has 1 aromatic heterocycles. The summed E-state index contributed by atoms with van der Waals surface area (Å²) in [5.41, 5.74) is 1.08. The maximum Gasteiger partial charge on any atom is 0.150 e. The predicted molar refractivity (Wildman–Crippen MR) is 80.6 cm³/mol. The summed E-state index contributed by atoms with van der Waals surface area (Å²) in [6, 6.07) is 7.83. The summed E-state index contributed by atoms with van der Waals surface area (Å²) in [6.07, 6.45) is 6.00. The van der Waals surface area contributed by atoms with Crippen LogP contribution in [0.25, 0.3) is 0 Å². The van der Waals surface area contributed by atoms with Crippen molar-refractivity contribution < 1.29 is 4.74 Å². The minimum atomic E-state index is 0.478. The molecule has 0 saturated heterocycles. The van der Waals surface area contributed by atoms with E-state index in [2.05, 4.69) is 10.3 Å². The molecule has 3 rings (SSSR count). The van der Waals surface area contributed by atoms with Crippen LogP contribution in [0, 0.1) is 0 Å². The van der Waals surface area contributed by atoms with Gasteiger partial charge in [0.2, 0.25) is 0 Å². The second kappa shape index (κ2) is 6.00. The van der Waals surface area contributed by atoms with Crippen LogP contribution in [0.2, 0.25) is 10.0 Å². The molecule has 1 N–H and O–H groups in total. The fraction of sp³-hybridized carbons (Fsp3) is 0.267. The third-order valence-corrected chi connectivity index (χ3v) is 3.89. The lowest BCUT2D eigenvalue weighted by Crippen LogP contribution is -2.15. The Morgan fingerprint density at radius 3 is 2.80 bits per heavy atom. The highest BCUT2D eigenvalue weighted by Crippen LogP contribution is 2.30. The molecule has 1 aromatic carbocycles. The molecule has 5 heteroatoms. The Kier molecular flexibility index (Phi) is 4.10. The first-order chi connectivity index (χ1) is 9.72. The van der Waals surface area contributed by atoms with Crippen LogP contribution in [0.4, 0.5) is 0 Å². The molecular formula is C15H14Cl2N2O. The molecule has 0 bridgehead atoms. The van der Waals surface area contributed by atoms with E-state index in [0.717, 1.165) is 17.9 Å². The van der Waals surface area contributed by atoms with E-state index in [-0.39, 0.29) is 0 Å². The Labute approximate surface area is 127 Å². The molecular weight excluding hydrogens is 295 g/mol. The fourth-order valence-electron chi connectivity index (χ4n) is 1.86. The van der Waals surface area contributed by atoms with Crippen LogP contribution in [0.1, 0.15) is 18.4 Å². The molecule has 20 heavy (non-hydrogen) atoms. The molecule has 0 aliphatic heterocycles. The quantitative estimate of drug-likeness (QED) is 0.887. The normalized spacial score (nSPS) is 14.3. The fourth-order valence-corrected chi connectivity index (χ4v) is 2.14. The van der Waals surface area contributed by atoms with Gasteiger partial charge in [0.05, 0.1) is 16.2 Å². The van der Waals surface area contributed by atoms with Gasteiger partial charge < -0.3 is 10.1 Å². The second-order valence-corrected chi connectivity index (χ2v) is 5.63. The Bertz CT molecular complexity index is 615. The number of hydrogen-bond donors (Lipinski definition) is 1. The van der Waals surface area contributed by atoms with Crippen molar-refractivity contribution in [1.29, 1.82) is 0 Å². The van der Waals surface area contributed by atoms with Crippen molar-refractivity contribution >= 4 is 23.2 Å². The van der Waals surface area contributed by atoms with Gasteiger partial charge in [-0.15, -0.1) is 0 Å². The predicted octanol–water partition coefficient (Wildman–Crippen LogP) is 4.43. The van der Waals surface area contributed by atoms with Gasteiger partial charge in [0.25, 0.3) is 0 Å². The number of aromatic nitrogens is 1. The van der Waals surface area contributed by atoms with Crippen molar-refractivity contribution in [1.82, 2.24) is 10.3 Å². The molecule has 2 aromatic rings. The van der Waals surface area contributed by atoms with E-state index >= 15 is 0 Å². The van der Waals surface area contributed by atoms with E-state index in [1.807, 2.05) is 6.07 Å². The standard InChI is InChI=1S/C15H14Cl2N2O/c16-13-4-3-12(7-14(13)17)20-15-9-18-6-5-10(15)8-19-11-1-2-11/h3-7,9,11,19H,1-2,8H2. The molecule has 0 amide bonds. The maximum atomic E-state index is 5.99. The highest BCUT2D eigenvalue weighted by atomic mass is 35.5. The van der Waals surface area contributed by atoms with Gasteiger partial charge in [-0.25, -0.2) is 0 Å². The number of hydrogen-bond acceptors (Lipinski definition) is 3. The van der Waals surface area contributed by atoms with Crippen molar-refractivity contribution in [3.05, 3.63) is 52.3 Å². The molecule has 0 unspecified atom stereocenters. The summed E-state index contributed by atoms with van der Waals surface area (Å²) in [4.78, 5) is 4.11. The molecule has 0 radical (unpaired) electrons. The molecule has 0 atom stereocenters. The van der Waals surface area contributed by atoms with Crippen LogP contribution in [0.3, 0.4) is 0 Å². The zero-order valence-corrected chi connectivity index (χ0v) is 12.3. The molecule has 1 aliphatic rings. The van der Waals surface area contributed by atoms with Gasteiger partial charge in [-0.2, -0.15) is 0 Å². The number of nitrogens with zero attached hydrogens (tertiary/aromatic N) is 1. The number of ether oxygens (including phenoxy) is 1. The van der Waals surface area contributed by atoms with Crippen LogP contribution < -0.4 is 10.1 Å². The van der Waals surface area contributed by atoms with Crippen molar-refractivity contribution in [2.45, 2.75) is 25.4 Å². The lowest BCUT2D eigenvalue weighted by atomic mass is 10.2. The van der Waals surface area contributed by atoms with Gasteiger partial charge in [0.1, 0.15) is 11.5 Å². The van der Waals surface area contributed by atoms with Gasteiger partial charge in [-0.1, -0.05) is 23.2 Å². The van der Waals surface area contributed by atoms with Crippen molar-refractivity contribution in [3.63, 3.8) is 0 Å². The third-order valence-electron chi connectivity index (χ3n) is 3.15. The van der Waals surface area contributed by atoms with Gasteiger partial charge in [-0.3, -0.25) is 4.98 Å². The summed E-state index contributed by atoms with van der Waals surface area (Å²) in [7, 11) is 0. The lowest BCUT2D eigenvalue weighted by molar-refractivity contribution is 0.470. The maximum absolute atomic E-state index is 5.99. The van der Waals surface area contributed by atoms with E-state index in [1.165, 1.54) is 12.8 Å². The van der Waals surface area contributed by atoms with Gasteiger partial charge in [0, 0.05) is 30.4 Å². The topological polar surface area (TPSA) is 34.1 Å². The van der Waals surface area contributed by atoms with Crippen LogP contribution in [0.5, 0.6) is 11.5 Å². The molecule has 1 aliphatic carbocycles. The van der Waals surface area contributed by atoms with E-state index in [9.17, 15) is 0 Å². The van der Waals surface area contributed by atoms with E-state index in [0.29, 0.717) is 21.8 Å². The third kappa shape index (κ3) is 3.42. The van der Waals surface area contributed by atoms with Crippen LogP contribution >= 0.6 is 23.2 Å². The molecule has 1 fully saturated rings. The first kappa shape index (κ1) is 13.7. The molecule has 1 heterocycles. The summed E-state index contributed by atoms with van der Waals surface area (Å²) >= 11 is 11.9. The van der Waals surface area contributed by atoms with E-state index in [4.69, 9.17) is 27.9 Å². The lowest BCUT2D eigenvalue weighted by Gasteiger charge is -2.11. The Hall–Kier alpha value is -1.29. The van der Waals surface area contributed by atoms with Gasteiger partial charge in [0.15, 0.2) is 0 Å². The molecule has 3 nitrogen and oxygen atoms in total. The number of benzene rings is 1. The smallest absolute Gasteiger partial charge is 0.150 e. The number of halogens is 2. The Morgan fingerprint density at radius 1 is 1.20 bits per heavy atom. The number of nitrogens with one attached hydrogen (secondary N) is 1. The largest absolute Gasteiger partial charge is 0.455 e. The van der Waals surface area contributed by atoms with Gasteiger partial charge in [-0.05, 0) is 31.0 Å². The first-order valence-electron chi connectivity index (χ1n) is 6.51. The average Bonchev–Trinajstić information content (AvgIpc) is 3.26. The Morgan fingerprint density at radius 2 is 2.05 bits per heavy atom. The summed E-state index contributed by atoms with van der Waals surface area (Å²) in [5.74, 6) is 1.39. The summed E-state index contributed by atoms with van der Waals surface area (Å²) in [6.45, 7) is 0.782. The first-order valence-corrected chi connectivity index (χ1v) is 7.27. The molecule has 1 saturated carbocycles. The Balaban J connectivity index is 1.76. The van der Waals surface area contributed by atoms with E-state index in [1.54, 1.807) is 30.6 Å². The molecule has 104 valence electrons. The van der Waals surface area contributed by atoms with Crippen molar-refractivity contribution in [2.75, 3.05) is 0 Å². The second-order valence-electron chi connectivity index (χ2n) is 4.82. The molecule has 0 spiro atoms. The monoisotopic (exact) mass is 308 g/mol. The zero-order valence-electron chi connectivity index (χ0n) is 10.8. The minimum Gasteiger partial charge on any atom is -0.455 e. The number of pyridine rings is 1. The van der Waals surface area contributed by atoms with Crippen molar-refractivity contribution in [2.24, 2.45) is 0 Å². The zero-order chi connectivity index (χ0) is 13.9. The van der Waals surface area contributed by atoms with Crippen molar-refractivity contribution in [3.8, 4) is 11.5 Å².